The average Bonchev–Trinajstić information content (AvgIpc) is 2.64. The summed E-state index contributed by atoms with van der Waals surface area (Å²) in [6.07, 6.45) is 2.80. The Balaban J connectivity index is 1.83. The molecule has 0 aliphatic carbocycles. The van der Waals surface area contributed by atoms with E-state index in [0.29, 0.717) is 17.1 Å². The average molecular weight is 368 g/mol. The molecule has 0 aliphatic rings. The number of esters is 1. The van der Waals surface area contributed by atoms with Crippen molar-refractivity contribution in [3.63, 3.8) is 0 Å². The molecule has 2 amide bonds. The first kappa shape index (κ1) is 19.7. The minimum absolute atomic E-state index is 0.213. The number of amides is 2. The molecule has 2 rings (SSSR count). The van der Waals surface area contributed by atoms with Crippen LogP contribution in [0.2, 0.25) is 0 Å². The maximum Gasteiger partial charge on any atom is 0.331 e. The summed E-state index contributed by atoms with van der Waals surface area (Å²) < 4.78 is 10.0. The summed E-state index contributed by atoms with van der Waals surface area (Å²) in [6, 6.07) is 13.8. The van der Waals surface area contributed by atoms with Gasteiger partial charge >= 0.3 is 5.97 Å². The number of hydrogen-bond acceptors (Lipinski definition) is 5. The lowest BCUT2D eigenvalue weighted by Gasteiger charge is -2.08. The number of carbonyl (C=O) groups excluding carboxylic acids is 3. The molecule has 0 spiro atoms. The number of nitrogens with one attached hydrogen (secondary N) is 2. The van der Waals surface area contributed by atoms with Gasteiger partial charge in [-0.25, -0.2) is 4.79 Å². The molecule has 0 atom stereocenters. The van der Waals surface area contributed by atoms with Gasteiger partial charge in [0, 0.05) is 24.4 Å². The predicted octanol–water partition coefficient (Wildman–Crippen LogP) is 2.85. The summed E-state index contributed by atoms with van der Waals surface area (Å²) in [5.74, 6) is -0.667. The van der Waals surface area contributed by atoms with Crippen molar-refractivity contribution in [2.45, 2.75) is 6.92 Å². The van der Waals surface area contributed by atoms with E-state index in [0.717, 1.165) is 5.56 Å². The Labute approximate surface area is 157 Å². The molecule has 2 aromatic carbocycles. The standard InChI is InChI=1S/C20H20N2O5/c1-14(23)21-16-6-4-7-17(12-16)22-19(24)13-27-20(25)10-9-15-5-3-8-18(11-15)26-2/h3-12H,13H2,1-2H3,(H,21,23)(H,22,24)/b10-9+. The van der Waals surface area contributed by atoms with Crippen molar-refractivity contribution >= 4 is 35.2 Å². The van der Waals surface area contributed by atoms with E-state index >= 15 is 0 Å². The van der Waals surface area contributed by atoms with Crippen molar-refractivity contribution < 1.29 is 23.9 Å². The zero-order chi connectivity index (χ0) is 19.6. The van der Waals surface area contributed by atoms with Crippen molar-refractivity contribution in [3.05, 3.63) is 60.2 Å². The number of carbonyl (C=O) groups is 3. The highest BCUT2D eigenvalue weighted by molar-refractivity contribution is 5.95. The second-order valence-corrected chi connectivity index (χ2v) is 5.53. The van der Waals surface area contributed by atoms with Crippen molar-refractivity contribution in [1.82, 2.24) is 0 Å². The van der Waals surface area contributed by atoms with Crippen LogP contribution in [0.1, 0.15) is 12.5 Å². The zero-order valence-corrected chi connectivity index (χ0v) is 15.0. The summed E-state index contributed by atoms with van der Waals surface area (Å²) in [5.41, 5.74) is 1.80. The first-order chi connectivity index (χ1) is 13.0. The number of hydrogen-bond donors (Lipinski definition) is 2. The summed E-state index contributed by atoms with van der Waals surface area (Å²) >= 11 is 0. The van der Waals surface area contributed by atoms with Gasteiger partial charge in [-0.05, 0) is 42.0 Å². The quantitative estimate of drug-likeness (QED) is 0.579. The molecule has 0 heterocycles. The van der Waals surface area contributed by atoms with Gasteiger partial charge in [0.1, 0.15) is 5.75 Å². The van der Waals surface area contributed by atoms with Crippen molar-refractivity contribution in [1.29, 1.82) is 0 Å². The highest BCUT2D eigenvalue weighted by atomic mass is 16.5. The van der Waals surface area contributed by atoms with Crippen LogP contribution in [0.4, 0.5) is 11.4 Å². The Bertz CT molecular complexity index is 861. The summed E-state index contributed by atoms with van der Waals surface area (Å²) in [5, 5.41) is 5.21. The molecule has 140 valence electrons. The van der Waals surface area contributed by atoms with Gasteiger partial charge in [0.25, 0.3) is 5.91 Å². The Morgan fingerprint density at radius 2 is 1.70 bits per heavy atom. The molecule has 0 bridgehead atoms. The molecule has 0 unspecified atom stereocenters. The molecule has 2 N–H and O–H groups in total. The lowest BCUT2D eigenvalue weighted by Crippen LogP contribution is -2.20. The Morgan fingerprint density at radius 3 is 2.41 bits per heavy atom. The van der Waals surface area contributed by atoms with E-state index in [2.05, 4.69) is 10.6 Å². The number of anilines is 2. The SMILES string of the molecule is COc1cccc(/C=C/C(=O)OCC(=O)Nc2cccc(NC(C)=O)c2)c1. The molecule has 0 aromatic heterocycles. The normalized spacial score (nSPS) is 10.3. The largest absolute Gasteiger partial charge is 0.497 e. The Hall–Kier alpha value is -3.61. The Morgan fingerprint density at radius 1 is 1.00 bits per heavy atom. The van der Waals surface area contributed by atoms with Crippen molar-refractivity contribution in [3.8, 4) is 5.75 Å². The van der Waals surface area contributed by atoms with E-state index < -0.39 is 18.5 Å². The summed E-state index contributed by atoms with van der Waals surface area (Å²) in [6.45, 7) is 0.968. The zero-order valence-electron chi connectivity index (χ0n) is 15.0. The van der Waals surface area contributed by atoms with E-state index in [-0.39, 0.29) is 5.91 Å². The number of ether oxygens (including phenoxy) is 2. The number of methoxy groups -OCH3 is 1. The van der Waals surface area contributed by atoms with E-state index in [1.165, 1.54) is 13.0 Å². The van der Waals surface area contributed by atoms with Gasteiger partial charge in [0.15, 0.2) is 6.61 Å². The molecule has 0 saturated carbocycles. The lowest BCUT2D eigenvalue weighted by molar-refractivity contribution is -0.142. The molecule has 2 aromatic rings. The third kappa shape index (κ3) is 7.03. The van der Waals surface area contributed by atoms with Crippen LogP contribution in [0, 0.1) is 0 Å². The van der Waals surface area contributed by atoms with Gasteiger partial charge in [0.2, 0.25) is 5.91 Å². The number of rotatable bonds is 7. The fourth-order valence-electron chi connectivity index (χ4n) is 2.17. The van der Waals surface area contributed by atoms with Crippen LogP contribution in [0.3, 0.4) is 0 Å². The molecule has 7 heteroatoms. The molecule has 0 aliphatic heterocycles. The van der Waals surface area contributed by atoms with Crippen LogP contribution < -0.4 is 15.4 Å². The molecule has 0 saturated heterocycles. The number of benzene rings is 2. The first-order valence-corrected chi connectivity index (χ1v) is 8.12. The monoisotopic (exact) mass is 368 g/mol. The molecule has 27 heavy (non-hydrogen) atoms. The minimum Gasteiger partial charge on any atom is -0.497 e. The fraction of sp³-hybridized carbons (Fsp3) is 0.150. The maximum atomic E-state index is 11.9. The molecule has 0 radical (unpaired) electrons. The first-order valence-electron chi connectivity index (χ1n) is 8.12. The third-order valence-electron chi connectivity index (χ3n) is 3.32. The molecule has 0 fully saturated rings. The summed E-state index contributed by atoms with van der Waals surface area (Å²) in [4.78, 5) is 34.7. The van der Waals surface area contributed by atoms with E-state index in [1.807, 2.05) is 0 Å². The highest BCUT2D eigenvalue weighted by Gasteiger charge is 2.06. The second kappa shape index (κ2) is 9.76. The third-order valence-corrected chi connectivity index (χ3v) is 3.32. The fourth-order valence-corrected chi connectivity index (χ4v) is 2.17. The van der Waals surface area contributed by atoms with Crippen LogP contribution in [0.5, 0.6) is 5.75 Å². The molecule has 7 nitrogen and oxygen atoms in total. The predicted molar refractivity (Wildman–Crippen MR) is 102 cm³/mol. The van der Waals surface area contributed by atoms with Gasteiger partial charge in [-0.3, -0.25) is 9.59 Å². The molecular formula is C20H20N2O5. The van der Waals surface area contributed by atoms with Crippen molar-refractivity contribution in [2.75, 3.05) is 24.4 Å². The van der Waals surface area contributed by atoms with Gasteiger partial charge in [0.05, 0.1) is 7.11 Å². The second-order valence-electron chi connectivity index (χ2n) is 5.53. The maximum absolute atomic E-state index is 11.9. The minimum atomic E-state index is -0.639. The van der Waals surface area contributed by atoms with Gasteiger partial charge in [-0.2, -0.15) is 0 Å². The molecular weight excluding hydrogens is 348 g/mol. The smallest absolute Gasteiger partial charge is 0.331 e. The lowest BCUT2D eigenvalue weighted by atomic mass is 10.2. The van der Waals surface area contributed by atoms with Gasteiger partial charge < -0.3 is 20.1 Å². The Kier molecular flexibility index (Phi) is 7.13. The van der Waals surface area contributed by atoms with Crippen LogP contribution in [-0.2, 0) is 19.1 Å². The van der Waals surface area contributed by atoms with Crippen LogP contribution in [0.15, 0.2) is 54.6 Å². The van der Waals surface area contributed by atoms with Gasteiger partial charge in [-0.15, -0.1) is 0 Å². The van der Waals surface area contributed by atoms with E-state index in [1.54, 1.807) is 61.7 Å². The van der Waals surface area contributed by atoms with E-state index in [4.69, 9.17) is 9.47 Å². The summed E-state index contributed by atoms with van der Waals surface area (Å²) in [7, 11) is 1.56. The van der Waals surface area contributed by atoms with Crippen LogP contribution in [-0.4, -0.2) is 31.5 Å². The topological polar surface area (TPSA) is 93.7 Å². The van der Waals surface area contributed by atoms with Crippen molar-refractivity contribution in [2.24, 2.45) is 0 Å². The van der Waals surface area contributed by atoms with Crippen LogP contribution in [0.25, 0.3) is 6.08 Å². The van der Waals surface area contributed by atoms with Crippen LogP contribution >= 0.6 is 0 Å². The van der Waals surface area contributed by atoms with Gasteiger partial charge in [-0.1, -0.05) is 18.2 Å². The highest BCUT2D eigenvalue weighted by Crippen LogP contribution is 2.15. The van der Waals surface area contributed by atoms with E-state index in [9.17, 15) is 14.4 Å².